The third kappa shape index (κ3) is 4.80. The van der Waals surface area contributed by atoms with Crippen molar-refractivity contribution in [1.29, 1.82) is 0 Å². The molecule has 2 fully saturated rings. The molecule has 5 amide bonds. The summed E-state index contributed by atoms with van der Waals surface area (Å²) in [5.74, 6) is -1.02. The van der Waals surface area contributed by atoms with Gasteiger partial charge in [0.05, 0.1) is 0 Å². The summed E-state index contributed by atoms with van der Waals surface area (Å²) >= 11 is 0. The van der Waals surface area contributed by atoms with E-state index < -0.39 is 17.5 Å². The van der Waals surface area contributed by atoms with Crippen LogP contribution in [0, 0.1) is 5.92 Å². The highest BCUT2D eigenvalue weighted by Crippen LogP contribution is 2.24. The van der Waals surface area contributed by atoms with Crippen LogP contribution in [0.2, 0.25) is 0 Å². The molecule has 0 aliphatic carbocycles. The van der Waals surface area contributed by atoms with E-state index in [9.17, 15) is 19.2 Å². The van der Waals surface area contributed by atoms with Gasteiger partial charge < -0.3 is 10.2 Å². The number of carbonyl (C=O) groups is 4. The topological polar surface area (TPSA) is 98.8 Å². The van der Waals surface area contributed by atoms with Crippen LogP contribution in [-0.2, 0) is 20.8 Å². The van der Waals surface area contributed by atoms with Crippen LogP contribution in [0.3, 0.4) is 0 Å². The lowest BCUT2D eigenvalue weighted by Crippen LogP contribution is -2.52. The molecule has 0 bridgehead atoms. The van der Waals surface area contributed by atoms with Crippen molar-refractivity contribution in [2.45, 2.75) is 57.9 Å². The Labute approximate surface area is 176 Å². The predicted octanol–water partition coefficient (Wildman–Crippen LogP) is 2.00. The molecule has 1 unspecified atom stereocenters. The van der Waals surface area contributed by atoms with Crippen LogP contribution >= 0.6 is 0 Å². The fourth-order valence-electron chi connectivity index (χ4n) is 3.96. The van der Waals surface area contributed by atoms with Crippen LogP contribution in [0.1, 0.15) is 51.5 Å². The van der Waals surface area contributed by atoms with Crippen LogP contribution < -0.4 is 10.7 Å². The minimum Gasteiger partial charge on any atom is -0.343 e. The average molecular weight is 415 g/mol. The zero-order chi connectivity index (χ0) is 21.7. The number of piperidine rings is 1. The Morgan fingerprint density at radius 1 is 1.17 bits per heavy atom. The van der Waals surface area contributed by atoms with Gasteiger partial charge in [-0.2, -0.15) is 5.01 Å². The molecule has 0 aromatic heterocycles. The number of benzene rings is 1. The lowest BCUT2D eigenvalue weighted by molar-refractivity contribution is -0.142. The summed E-state index contributed by atoms with van der Waals surface area (Å²) < 4.78 is 0. The van der Waals surface area contributed by atoms with Gasteiger partial charge in [0.15, 0.2) is 0 Å². The number of hydrogen-bond donors (Lipinski definition) is 2. The first-order valence-electron chi connectivity index (χ1n) is 10.6. The summed E-state index contributed by atoms with van der Waals surface area (Å²) in [5, 5.41) is 3.52. The van der Waals surface area contributed by atoms with Crippen LogP contribution in [0.25, 0.3) is 0 Å². The molecular weight excluding hydrogens is 384 g/mol. The van der Waals surface area contributed by atoms with Crippen molar-refractivity contribution < 1.29 is 19.2 Å². The third-order valence-electron chi connectivity index (χ3n) is 5.92. The van der Waals surface area contributed by atoms with E-state index >= 15 is 0 Å². The maximum atomic E-state index is 12.9. The van der Waals surface area contributed by atoms with Gasteiger partial charge in [0, 0.05) is 25.4 Å². The number of nitrogens with one attached hydrogen (secondary N) is 2. The van der Waals surface area contributed by atoms with Crippen molar-refractivity contribution in [2.75, 3.05) is 13.1 Å². The van der Waals surface area contributed by atoms with E-state index in [-0.39, 0.29) is 17.7 Å². The molecule has 8 heteroatoms. The minimum atomic E-state index is -1.06. The summed E-state index contributed by atoms with van der Waals surface area (Å²) in [6.45, 7) is 4.68. The third-order valence-corrected chi connectivity index (χ3v) is 5.92. The van der Waals surface area contributed by atoms with E-state index in [1.807, 2.05) is 37.3 Å². The highest BCUT2D eigenvalue weighted by molar-refractivity contribution is 6.07. The number of amides is 5. The van der Waals surface area contributed by atoms with Crippen molar-refractivity contribution in [3.05, 3.63) is 35.9 Å². The van der Waals surface area contributed by atoms with Gasteiger partial charge in [-0.05, 0) is 44.6 Å². The molecule has 30 heavy (non-hydrogen) atoms. The zero-order valence-corrected chi connectivity index (χ0v) is 17.6. The normalized spacial score (nSPS) is 22.2. The summed E-state index contributed by atoms with van der Waals surface area (Å²) in [4.78, 5) is 51.7. The molecule has 3 rings (SSSR count). The summed E-state index contributed by atoms with van der Waals surface area (Å²) in [5.41, 5.74) is 2.52. The summed E-state index contributed by atoms with van der Waals surface area (Å²) in [6.07, 6.45) is 3.43. The van der Waals surface area contributed by atoms with E-state index in [1.54, 1.807) is 11.8 Å². The Balaban J connectivity index is 1.54. The van der Waals surface area contributed by atoms with Gasteiger partial charge in [0.1, 0.15) is 5.54 Å². The lowest BCUT2D eigenvalue weighted by Gasteiger charge is -2.32. The van der Waals surface area contributed by atoms with E-state index in [0.29, 0.717) is 45.2 Å². The Hall–Kier alpha value is -2.90. The van der Waals surface area contributed by atoms with Gasteiger partial charge in [0.25, 0.3) is 5.91 Å². The Kier molecular flexibility index (Phi) is 6.74. The van der Waals surface area contributed by atoms with Crippen molar-refractivity contribution in [3.8, 4) is 0 Å². The number of hydrogen-bond acceptors (Lipinski definition) is 4. The van der Waals surface area contributed by atoms with Gasteiger partial charge in [0.2, 0.25) is 11.8 Å². The molecule has 2 heterocycles. The molecule has 2 aliphatic heterocycles. The van der Waals surface area contributed by atoms with E-state index in [2.05, 4.69) is 10.7 Å². The number of aryl methyl sites for hydroxylation is 1. The van der Waals surface area contributed by atoms with Gasteiger partial charge in [-0.15, -0.1) is 0 Å². The second kappa shape index (κ2) is 9.28. The van der Waals surface area contributed by atoms with Crippen molar-refractivity contribution in [3.63, 3.8) is 0 Å². The lowest BCUT2D eigenvalue weighted by atomic mass is 9.93. The minimum absolute atomic E-state index is 0.111. The van der Waals surface area contributed by atoms with Crippen LogP contribution in [0.4, 0.5) is 4.79 Å². The fourth-order valence-corrected chi connectivity index (χ4v) is 3.96. The quantitative estimate of drug-likeness (QED) is 0.667. The van der Waals surface area contributed by atoms with Gasteiger partial charge in [-0.25, -0.2) is 4.79 Å². The van der Waals surface area contributed by atoms with Crippen LogP contribution in [0.5, 0.6) is 0 Å². The monoisotopic (exact) mass is 414 g/mol. The number of imide groups is 1. The Bertz CT molecular complexity index is 805. The van der Waals surface area contributed by atoms with Crippen molar-refractivity contribution >= 4 is 23.8 Å². The van der Waals surface area contributed by atoms with Gasteiger partial charge >= 0.3 is 6.03 Å². The number of urea groups is 1. The summed E-state index contributed by atoms with van der Waals surface area (Å²) in [6, 6.07) is 9.12. The molecule has 1 atom stereocenters. The molecule has 2 aliphatic rings. The molecule has 1 aromatic carbocycles. The van der Waals surface area contributed by atoms with Crippen LogP contribution in [0.15, 0.2) is 30.3 Å². The first-order chi connectivity index (χ1) is 14.3. The second-order valence-electron chi connectivity index (χ2n) is 8.27. The second-order valence-corrected chi connectivity index (χ2v) is 8.27. The maximum absolute atomic E-state index is 12.9. The molecule has 1 aromatic rings. The van der Waals surface area contributed by atoms with E-state index in [1.165, 1.54) is 0 Å². The smallest absolute Gasteiger partial charge is 0.343 e. The molecule has 0 saturated carbocycles. The first-order valence-corrected chi connectivity index (χ1v) is 10.6. The summed E-state index contributed by atoms with van der Waals surface area (Å²) in [7, 11) is 0. The Morgan fingerprint density at radius 2 is 1.83 bits per heavy atom. The highest BCUT2D eigenvalue weighted by atomic mass is 16.2. The Morgan fingerprint density at radius 3 is 2.47 bits per heavy atom. The van der Waals surface area contributed by atoms with Crippen molar-refractivity contribution in [2.24, 2.45) is 5.92 Å². The van der Waals surface area contributed by atoms with Gasteiger partial charge in [-0.3, -0.25) is 19.8 Å². The first kappa shape index (κ1) is 21.8. The zero-order valence-electron chi connectivity index (χ0n) is 17.6. The number of rotatable bonds is 7. The number of nitrogens with zero attached hydrogens (tertiary/aromatic N) is 2. The largest absolute Gasteiger partial charge is 0.344 e. The average Bonchev–Trinajstić information content (AvgIpc) is 2.96. The molecule has 162 valence electrons. The van der Waals surface area contributed by atoms with Crippen molar-refractivity contribution in [1.82, 2.24) is 20.7 Å². The SMILES string of the molecule is CCCC(=O)N1CCC(C(=O)NN2C(=O)NC(C)(CCc3ccccc3)C2=O)CC1. The molecule has 8 nitrogen and oxygen atoms in total. The molecular formula is C22H30N4O4. The highest BCUT2D eigenvalue weighted by Gasteiger charge is 2.48. The maximum Gasteiger partial charge on any atom is 0.344 e. The van der Waals surface area contributed by atoms with Crippen LogP contribution in [-0.4, -0.2) is 52.3 Å². The molecule has 2 saturated heterocycles. The fraction of sp³-hybridized carbons (Fsp3) is 0.545. The van der Waals surface area contributed by atoms with Gasteiger partial charge in [-0.1, -0.05) is 37.3 Å². The number of likely N-dealkylation sites (tertiary alicyclic amines) is 1. The number of carbonyl (C=O) groups excluding carboxylic acids is 4. The molecule has 0 radical (unpaired) electrons. The van der Waals surface area contributed by atoms with E-state index in [4.69, 9.17) is 0 Å². The molecule has 0 spiro atoms. The molecule has 2 N–H and O–H groups in total. The number of hydrazine groups is 1. The predicted molar refractivity (Wildman–Crippen MR) is 111 cm³/mol. The standard InChI is InChI=1S/C22H30N4O4/c1-3-7-18(27)25-14-11-17(12-15-25)19(28)24-26-20(29)22(2,23-21(26)30)13-10-16-8-5-4-6-9-16/h4-6,8-9,17H,3,7,10-15H2,1-2H3,(H,23,30)(H,24,28). The van der Waals surface area contributed by atoms with E-state index in [0.717, 1.165) is 17.0 Å².